The number of benzene rings is 2. The van der Waals surface area contributed by atoms with Gasteiger partial charge in [0.1, 0.15) is 5.58 Å². The zero-order valence-electron chi connectivity index (χ0n) is 18.4. The molecule has 31 heavy (non-hydrogen) atoms. The average Bonchev–Trinajstić information content (AvgIpc) is 3.10. The van der Waals surface area contributed by atoms with Crippen molar-refractivity contribution in [1.82, 2.24) is 5.43 Å². The predicted molar refractivity (Wildman–Crippen MR) is 131 cm³/mol. The number of hydrogen-bond acceptors (Lipinski definition) is 4. The summed E-state index contributed by atoms with van der Waals surface area (Å²) in [5.74, 6) is -0.158. The zero-order valence-corrected chi connectivity index (χ0v) is 19.9. The zero-order chi connectivity index (χ0) is 22.3. The quantitative estimate of drug-likeness (QED) is 0.349. The van der Waals surface area contributed by atoms with Crippen molar-refractivity contribution >= 4 is 50.3 Å². The van der Waals surface area contributed by atoms with Gasteiger partial charge in [-0.2, -0.15) is 5.10 Å². The lowest BCUT2D eigenvalue weighted by Crippen LogP contribution is -2.49. The van der Waals surface area contributed by atoms with Crippen molar-refractivity contribution in [2.45, 2.75) is 46.2 Å². The number of rotatable bonds is 4. The highest BCUT2D eigenvalue weighted by molar-refractivity contribution is 9.10. The van der Waals surface area contributed by atoms with Crippen LogP contribution < -0.4 is 10.3 Å². The maximum Gasteiger partial charge on any atom is 0.307 e. The Balaban J connectivity index is 1.53. The molecule has 5 nitrogen and oxygen atoms in total. The highest BCUT2D eigenvalue weighted by atomic mass is 79.9. The number of carbonyl (C=O) groups excluding carboxylic acids is 1. The first kappa shape index (κ1) is 21.4. The van der Waals surface area contributed by atoms with Crippen LogP contribution in [-0.2, 0) is 0 Å². The van der Waals surface area contributed by atoms with Gasteiger partial charge in [-0.3, -0.25) is 4.79 Å². The van der Waals surface area contributed by atoms with Crippen LogP contribution in [0.3, 0.4) is 0 Å². The number of nitrogens with one attached hydrogen (secondary N) is 1. The first-order chi connectivity index (χ1) is 14.7. The maximum absolute atomic E-state index is 12.4. The summed E-state index contributed by atoms with van der Waals surface area (Å²) in [6.45, 7) is 11.0. The van der Waals surface area contributed by atoms with E-state index in [9.17, 15) is 4.79 Å². The molecule has 0 saturated carbocycles. The summed E-state index contributed by atoms with van der Waals surface area (Å²) in [6.07, 6.45) is 3.96. The highest BCUT2D eigenvalue weighted by Gasteiger charge is 2.32. The molecule has 3 aromatic rings. The van der Waals surface area contributed by atoms with E-state index in [4.69, 9.17) is 4.42 Å². The summed E-state index contributed by atoms with van der Waals surface area (Å²) in [7, 11) is 0. The van der Waals surface area contributed by atoms with Gasteiger partial charge in [-0.1, -0.05) is 28.1 Å². The molecule has 2 aromatic carbocycles. The van der Waals surface area contributed by atoms with Crippen molar-refractivity contribution in [3.8, 4) is 0 Å². The number of carbonyl (C=O) groups is 1. The third kappa shape index (κ3) is 4.17. The Morgan fingerprint density at radius 3 is 2.71 bits per heavy atom. The molecule has 1 aliphatic rings. The van der Waals surface area contributed by atoms with E-state index in [1.165, 1.54) is 16.8 Å². The van der Waals surface area contributed by atoms with Gasteiger partial charge in [-0.15, -0.1) is 0 Å². The summed E-state index contributed by atoms with van der Waals surface area (Å²) < 4.78 is 6.54. The molecule has 1 aliphatic heterocycles. The lowest BCUT2D eigenvalue weighted by Gasteiger charge is -2.46. The van der Waals surface area contributed by atoms with Crippen molar-refractivity contribution in [3.63, 3.8) is 0 Å². The molecule has 1 N–H and O–H groups in total. The van der Waals surface area contributed by atoms with Gasteiger partial charge in [0.05, 0.1) is 11.8 Å². The second-order valence-electron chi connectivity index (χ2n) is 8.71. The van der Waals surface area contributed by atoms with Crippen LogP contribution in [-0.4, -0.2) is 23.7 Å². The normalized spacial score (nSPS) is 15.5. The van der Waals surface area contributed by atoms with Crippen LogP contribution in [0.5, 0.6) is 0 Å². The van der Waals surface area contributed by atoms with Crippen LogP contribution in [0.1, 0.15) is 56.3 Å². The molecule has 160 valence electrons. The monoisotopic (exact) mass is 479 g/mol. The largest absolute Gasteiger partial charge is 0.451 e. The standard InChI is InChI=1S/C25H26BrN3O2/c1-15(2)29-21-8-6-17(10-20(21)16(3)13-25(29,4)5)14-27-28-24(30)23-12-18-11-19(26)7-9-22(18)31-23/h6-15H,1-5H3,(H,28,30)/b27-14+. The predicted octanol–water partition coefficient (Wildman–Crippen LogP) is 6.37. The van der Waals surface area contributed by atoms with Crippen LogP contribution in [0.25, 0.3) is 16.5 Å². The molecule has 2 heterocycles. The molecular formula is C25H26BrN3O2. The highest BCUT2D eigenvalue weighted by Crippen LogP contribution is 2.40. The summed E-state index contributed by atoms with van der Waals surface area (Å²) in [4.78, 5) is 14.8. The molecular weight excluding hydrogens is 454 g/mol. The lowest BCUT2D eigenvalue weighted by atomic mass is 9.87. The van der Waals surface area contributed by atoms with Crippen molar-refractivity contribution in [1.29, 1.82) is 0 Å². The Labute approximate surface area is 190 Å². The van der Waals surface area contributed by atoms with Gasteiger partial charge in [0.15, 0.2) is 5.76 Å². The van der Waals surface area contributed by atoms with E-state index in [-0.39, 0.29) is 17.2 Å². The van der Waals surface area contributed by atoms with Gasteiger partial charge in [-0.25, -0.2) is 5.43 Å². The molecule has 0 radical (unpaired) electrons. The van der Waals surface area contributed by atoms with Gasteiger partial charge >= 0.3 is 5.91 Å². The molecule has 0 aliphatic carbocycles. The third-order valence-electron chi connectivity index (χ3n) is 5.49. The van der Waals surface area contributed by atoms with E-state index in [1.54, 1.807) is 12.3 Å². The minimum Gasteiger partial charge on any atom is -0.451 e. The second-order valence-corrected chi connectivity index (χ2v) is 9.63. The third-order valence-corrected chi connectivity index (χ3v) is 5.99. The minimum atomic E-state index is -0.384. The fourth-order valence-corrected chi connectivity index (χ4v) is 4.82. The smallest absolute Gasteiger partial charge is 0.307 e. The van der Waals surface area contributed by atoms with Crippen molar-refractivity contribution in [3.05, 3.63) is 69.9 Å². The topological polar surface area (TPSA) is 57.8 Å². The lowest BCUT2D eigenvalue weighted by molar-refractivity contribution is 0.0929. The average molecular weight is 480 g/mol. The second kappa shape index (κ2) is 8.00. The SMILES string of the molecule is CC1=CC(C)(C)N(C(C)C)c2ccc(/C=N/NC(=O)c3cc4cc(Br)ccc4o3)cc21. The van der Waals surface area contributed by atoms with Gasteiger partial charge in [0.2, 0.25) is 0 Å². The first-order valence-electron chi connectivity index (χ1n) is 10.3. The molecule has 0 saturated heterocycles. The number of nitrogens with zero attached hydrogens (tertiary/aromatic N) is 2. The van der Waals surface area contributed by atoms with Crippen LogP contribution in [0.15, 0.2) is 62.5 Å². The molecule has 6 heteroatoms. The molecule has 4 rings (SSSR count). The number of amides is 1. The summed E-state index contributed by atoms with van der Waals surface area (Å²) in [5, 5.41) is 4.99. The van der Waals surface area contributed by atoms with Gasteiger partial charge in [0.25, 0.3) is 0 Å². The van der Waals surface area contributed by atoms with E-state index in [0.29, 0.717) is 11.6 Å². The maximum atomic E-state index is 12.4. The van der Waals surface area contributed by atoms with E-state index in [2.05, 4.69) is 84.2 Å². The van der Waals surface area contributed by atoms with Crippen LogP contribution in [0.4, 0.5) is 5.69 Å². The molecule has 0 atom stereocenters. The van der Waals surface area contributed by atoms with Crippen LogP contribution in [0, 0.1) is 0 Å². The fraction of sp³-hybridized carbons (Fsp3) is 0.280. The molecule has 1 aromatic heterocycles. The molecule has 0 unspecified atom stereocenters. The van der Waals surface area contributed by atoms with E-state index in [1.807, 2.05) is 24.3 Å². The Bertz CT molecular complexity index is 1220. The molecule has 0 bridgehead atoms. The Hall–Kier alpha value is -2.86. The Kier molecular flexibility index (Phi) is 5.52. The summed E-state index contributed by atoms with van der Waals surface area (Å²) in [5.41, 5.74) is 7.73. The van der Waals surface area contributed by atoms with Gasteiger partial charge < -0.3 is 9.32 Å². The van der Waals surface area contributed by atoms with E-state index in [0.717, 1.165) is 15.4 Å². The van der Waals surface area contributed by atoms with Crippen LogP contribution in [0.2, 0.25) is 0 Å². The number of allylic oxidation sites excluding steroid dienone is 1. The summed E-state index contributed by atoms with van der Waals surface area (Å²) in [6, 6.07) is 14.0. The number of fused-ring (bicyclic) bond motifs is 2. The summed E-state index contributed by atoms with van der Waals surface area (Å²) >= 11 is 3.42. The van der Waals surface area contributed by atoms with Gasteiger partial charge in [0, 0.05) is 27.2 Å². The Morgan fingerprint density at radius 1 is 1.19 bits per heavy atom. The van der Waals surface area contributed by atoms with Crippen LogP contribution >= 0.6 is 15.9 Å². The number of furan rings is 1. The number of anilines is 1. The first-order valence-corrected chi connectivity index (χ1v) is 11.1. The molecule has 0 fully saturated rings. The van der Waals surface area contributed by atoms with Crippen molar-refractivity contribution in [2.24, 2.45) is 5.10 Å². The fourth-order valence-electron chi connectivity index (χ4n) is 4.44. The van der Waals surface area contributed by atoms with E-state index >= 15 is 0 Å². The molecule has 0 spiro atoms. The van der Waals surface area contributed by atoms with Crippen molar-refractivity contribution in [2.75, 3.05) is 4.90 Å². The Morgan fingerprint density at radius 2 is 1.97 bits per heavy atom. The van der Waals surface area contributed by atoms with Crippen molar-refractivity contribution < 1.29 is 9.21 Å². The van der Waals surface area contributed by atoms with E-state index < -0.39 is 0 Å². The number of hydrazone groups is 1. The molecule has 1 amide bonds. The number of halogens is 1. The minimum absolute atomic E-state index is 0.0446. The van der Waals surface area contributed by atoms with Gasteiger partial charge in [-0.05, 0) is 82.2 Å². The number of hydrogen-bond donors (Lipinski definition) is 1.